The fourth-order valence-electron chi connectivity index (χ4n) is 3.42. The number of fused-ring (bicyclic) bond motifs is 1. The number of aromatic nitrogens is 2. The average Bonchev–Trinajstić information content (AvgIpc) is 2.85. The Kier molecular flexibility index (Phi) is 7.71. The molecule has 0 unspecified atom stereocenters. The number of rotatable bonds is 7. The molecule has 11 heteroatoms. The van der Waals surface area contributed by atoms with Crippen molar-refractivity contribution in [2.75, 3.05) is 0 Å². The summed E-state index contributed by atoms with van der Waals surface area (Å²) in [5, 5.41) is 6.96. The molecule has 0 saturated carbocycles. The first kappa shape index (κ1) is 25.4. The number of hydrogen-bond donors (Lipinski definition) is 1. The van der Waals surface area contributed by atoms with Crippen molar-refractivity contribution in [3.8, 4) is 0 Å². The van der Waals surface area contributed by atoms with Crippen molar-refractivity contribution in [1.29, 1.82) is 0 Å². The first-order chi connectivity index (χ1) is 17.2. The smallest absolute Gasteiger partial charge is 0.390 e. The molecule has 4 aromatic rings. The lowest BCUT2D eigenvalue weighted by atomic mass is 9.92. The maximum atomic E-state index is 14.0. The Labute approximate surface area is 213 Å². The molecule has 1 N–H and O–H groups in total. The van der Waals surface area contributed by atoms with Gasteiger partial charge in [-0.05, 0) is 47.5 Å². The van der Waals surface area contributed by atoms with Crippen LogP contribution in [0.15, 0.2) is 78.0 Å². The predicted molar refractivity (Wildman–Crippen MR) is 131 cm³/mol. The molecular weight excluding hydrogens is 516 g/mol. The van der Waals surface area contributed by atoms with E-state index in [-0.39, 0.29) is 23.2 Å². The third-order valence-electron chi connectivity index (χ3n) is 5.08. The quantitative estimate of drug-likeness (QED) is 0.170. The number of benzene rings is 3. The maximum Gasteiger partial charge on any atom is 0.435 e. The number of hydrogen-bond acceptors (Lipinski definition) is 5. The van der Waals surface area contributed by atoms with Crippen molar-refractivity contribution in [1.82, 2.24) is 15.3 Å². The molecule has 1 heterocycles. The highest BCUT2D eigenvalue weighted by Gasteiger charge is 2.41. The predicted octanol–water partition coefficient (Wildman–Crippen LogP) is 6.36. The number of nitrogens with zero attached hydrogens (tertiary/aromatic N) is 3. The summed E-state index contributed by atoms with van der Waals surface area (Å²) in [5.41, 5.74) is -0.511. The van der Waals surface area contributed by atoms with Crippen LogP contribution in [-0.4, -0.2) is 22.2 Å². The van der Waals surface area contributed by atoms with Crippen molar-refractivity contribution in [3.63, 3.8) is 0 Å². The molecule has 36 heavy (non-hydrogen) atoms. The minimum Gasteiger partial charge on any atom is -0.390 e. The third kappa shape index (κ3) is 6.10. The van der Waals surface area contributed by atoms with Crippen LogP contribution in [0.1, 0.15) is 28.4 Å². The molecule has 3 aromatic carbocycles. The molecule has 1 atom stereocenters. The highest BCUT2D eigenvalue weighted by Crippen LogP contribution is 2.37. The molecular formula is C25H17Cl2F3N4O2. The molecule has 0 aliphatic carbocycles. The fraction of sp³-hybridized carbons (Fsp3) is 0.120. The van der Waals surface area contributed by atoms with Crippen LogP contribution < -0.4 is 5.32 Å². The van der Waals surface area contributed by atoms with Gasteiger partial charge in [0.15, 0.2) is 5.69 Å². The Morgan fingerprint density at radius 1 is 0.944 bits per heavy atom. The molecule has 0 fully saturated rings. The van der Waals surface area contributed by atoms with Crippen LogP contribution in [0.4, 0.5) is 13.2 Å². The summed E-state index contributed by atoms with van der Waals surface area (Å²) in [6, 6.07) is 18.8. The summed E-state index contributed by atoms with van der Waals surface area (Å²) < 4.78 is 42.0. The fourth-order valence-corrected chi connectivity index (χ4v) is 3.67. The SMILES string of the molecule is O=C(NC=NOCc1ccc(Cl)cc1)[C@H](c1ccc(Cl)cc1)c1nc2ccccc2nc1C(F)(F)F. The van der Waals surface area contributed by atoms with E-state index in [0.29, 0.717) is 10.0 Å². The van der Waals surface area contributed by atoms with Gasteiger partial charge >= 0.3 is 6.18 Å². The molecule has 184 valence electrons. The number of amides is 1. The second kappa shape index (κ2) is 10.9. The van der Waals surface area contributed by atoms with Crippen molar-refractivity contribution in [2.45, 2.75) is 18.7 Å². The van der Waals surface area contributed by atoms with Gasteiger partial charge < -0.3 is 10.2 Å². The van der Waals surface area contributed by atoms with Crippen molar-refractivity contribution in [2.24, 2.45) is 5.16 Å². The van der Waals surface area contributed by atoms with E-state index in [1.165, 1.54) is 36.4 Å². The van der Waals surface area contributed by atoms with E-state index in [1.807, 2.05) is 0 Å². The summed E-state index contributed by atoms with van der Waals surface area (Å²) in [6.07, 6.45) is -3.89. The Balaban J connectivity index is 1.64. The van der Waals surface area contributed by atoms with Gasteiger partial charge in [0.2, 0.25) is 5.91 Å². The largest absolute Gasteiger partial charge is 0.435 e. The van der Waals surface area contributed by atoms with Gasteiger partial charge in [0.05, 0.1) is 16.7 Å². The van der Waals surface area contributed by atoms with Gasteiger partial charge in [0.25, 0.3) is 0 Å². The van der Waals surface area contributed by atoms with E-state index >= 15 is 0 Å². The van der Waals surface area contributed by atoms with Crippen LogP contribution >= 0.6 is 23.2 Å². The molecule has 1 aromatic heterocycles. The number of carbonyl (C=O) groups is 1. The van der Waals surface area contributed by atoms with Gasteiger partial charge in [0.1, 0.15) is 18.9 Å². The van der Waals surface area contributed by atoms with Crippen LogP contribution in [0.3, 0.4) is 0 Å². The van der Waals surface area contributed by atoms with E-state index in [0.717, 1.165) is 11.9 Å². The van der Waals surface area contributed by atoms with Crippen LogP contribution in [0.25, 0.3) is 11.0 Å². The van der Waals surface area contributed by atoms with E-state index in [4.69, 9.17) is 28.0 Å². The van der Waals surface area contributed by atoms with Crippen LogP contribution in [-0.2, 0) is 22.4 Å². The van der Waals surface area contributed by atoms with Gasteiger partial charge in [-0.3, -0.25) is 4.79 Å². The molecule has 0 radical (unpaired) electrons. The summed E-state index contributed by atoms with van der Waals surface area (Å²) >= 11 is 11.8. The molecule has 0 bridgehead atoms. The minimum atomic E-state index is -4.85. The average molecular weight is 533 g/mol. The van der Waals surface area contributed by atoms with Crippen molar-refractivity contribution in [3.05, 3.63) is 105 Å². The molecule has 0 aliphatic heterocycles. The van der Waals surface area contributed by atoms with Gasteiger partial charge in [-0.25, -0.2) is 9.97 Å². The lowest BCUT2D eigenvalue weighted by Gasteiger charge is -2.20. The number of carbonyl (C=O) groups excluding carboxylic acids is 1. The molecule has 0 aliphatic rings. The monoisotopic (exact) mass is 532 g/mol. The number of halogens is 5. The first-order valence-electron chi connectivity index (χ1n) is 10.5. The summed E-state index contributed by atoms with van der Waals surface area (Å²) in [5.74, 6) is -2.27. The molecule has 0 spiro atoms. The first-order valence-corrected chi connectivity index (χ1v) is 11.3. The van der Waals surface area contributed by atoms with Gasteiger partial charge in [-0.15, -0.1) is 0 Å². The lowest BCUT2D eigenvalue weighted by molar-refractivity contribution is -0.142. The van der Waals surface area contributed by atoms with Crippen LogP contribution in [0.5, 0.6) is 0 Å². The van der Waals surface area contributed by atoms with Crippen LogP contribution in [0, 0.1) is 0 Å². The summed E-state index contributed by atoms with van der Waals surface area (Å²) in [4.78, 5) is 26.3. The van der Waals surface area contributed by atoms with Crippen molar-refractivity contribution >= 4 is 46.5 Å². The zero-order valence-electron chi connectivity index (χ0n) is 18.3. The summed E-state index contributed by atoms with van der Waals surface area (Å²) in [7, 11) is 0. The molecule has 1 amide bonds. The van der Waals surface area contributed by atoms with Gasteiger partial charge in [0, 0.05) is 10.0 Å². The zero-order valence-corrected chi connectivity index (χ0v) is 19.8. The topological polar surface area (TPSA) is 76.5 Å². The van der Waals surface area contributed by atoms with E-state index in [2.05, 4.69) is 20.4 Å². The highest BCUT2D eigenvalue weighted by molar-refractivity contribution is 6.30. The molecule has 4 rings (SSSR count). The second-order valence-corrected chi connectivity index (χ2v) is 8.44. The van der Waals surface area contributed by atoms with E-state index in [9.17, 15) is 18.0 Å². The normalized spacial score (nSPS) is 12.6. The molecule has 0 saturated heterocycles. The van der Waals surface area contributed by atoms with Gasteiger partial charge in [-0.1, -0.05) is 64.8 Å². The standard InChI is InChI=1S/C25H17Cl2F3N4O2/c26-17-9-5-15(6-10-17)13-36-32-14-31-24(35)21(16-7-11-18(27)12-8-16)22-23(25(28,29)30)34-20-4-2-1-3-19(20)33-22/h1-12,14,21H,13H2,(H,31,32,35)/t21-/m1/s1. The zero-order chi connectivity index (χ0) is 25.7. The Morgan fingerprint density at radius 3 is 2.14 bits per heavy atom. The van der Waals surface area contributed by atoms with Crippen LogP contribution in [0.2, 0.25) is 10.0 Å². The Hall–Kier alpha value is -3.69. The van der Waals surface area contributed by atoms with Gasteiger partial charge in [-0.2, -0.15) is 13.2 Å². The lowest BCUT2D eigenvalue weighted by Crippen LogP contribution is -2.31. The number of para-hydroxylation sites is 2. The Morgan fingerprint density at radius 2 is 1.53 bits per heavy atom. The highest BCUT2D eigenvalue weighted by atomic mass is 35.5. The molecule has 6 nitrogen and oxygen atoms in total. The van der Waals surface area contributed by atoms with E-state index < -0.39 is 29.4 Å². The van der Waals surface area contributed by atoms with Crippen molar-refractivity contribution < 1.29 is 22.8 Å². The number of oxime groups is 1. The number of nitrogens with one attached hydrogen (secondary N) is 1. The third-order valence-corrected chi connectivity index (χ3v) is 5.59. The second-order valence-electron chi connectivity index (χ2n) is 7.57. The number of alkyl halides is 3. The Bertz CT molecular complexity index is 1400. The maximum absolute atomic E-state index is 14.0. The minimum absolute atomic E-state index is 0.0565. The van der Waals surface area contributed by atoms with E-state index in [1.54, 1.807) is 36.4 Å². The summed E-state index contributed by atoms with van der Waals surface area (Å²) in [6.45, 7) is 0.0958.